The Morgan fingerprint density at radius 1 is 0.787 bits per heavy atom. The molecule has 2 aromatic carbocycles. The smallest absolute Gasteiger partial charge is 0.308 e. The molecule has 13 nitrogen and oxygen atoms in total. The van der Waals surface area contributed by atoms with Crippen LogP contribution in [0.2, 0.25) is 0 Å². The van der Waals surface area contributed by atoms with Crippen LogP contribution in [0.25, 0.3) is 21.8 Å². The van der Waals surface area contributed by atoms with Crippen molar-refractivity contribution in [3.63, 3.8) is 0 Å². The molecule has 0 radical (unpaired) electrons. The number of carbonyl (C=O) groups excluding carboxylic acids is 3. The number of rotatable bonds is 7. The zero-order chi connectivity index (χ0) is 33.6. The number of aldehydes is 1. The molecule has 2 aliphatic rings. The molecule has 6 rings (SSSR count). The summed E-state index contributed by atoms with van der Waals surface area (Å²) in [6.07, 6.45) is 7.58. The number of methoxy groups -OCH3 is 4. The number of nitrogens with zero attached hydrogens (tertiary/aromatic N) is 5. The number of esters is 2. The van der Waals surface area contributed by atoms with Gasteiger partial charge in [0, 0.05) is 23.2 Å². The first-order valence-electron chi connectivity index (χ1n) is 15.5. The topological polar surface area (TPSA) is 155 Å². The number of benzene rings is 2. The summed E-state index contributed by atoms with van der Waals surface area (Å²) in [5.74, 6) is 2.58. The maximum absolute atomic E-state index is 11.6. The summed E-state index contributed by atoms with van der Waals surface area (Å²) in [7, 11) is 6.15. The van der Waals surface area contributed by atoms with Crippen molar-refractivity contribution in [1.29, 1.82) is 0 Å². The molecule has 2 aromatic heterocycles. The van der Waals surface area contributed by atoms with Gasteiger partial charge < -0.3 is 24.3 Å². The highest BCUT2D eigenvalue weighted by atomic mass is 16.5. The third kappa shape index (κ3) is 10.1. The number of nitrogens with one attached hydrogen (secondary N) is 1. The van der Waals surface area contributed by atoms with Crippen LogP contribution in [0, 0.1) is 11.8 Å². The van der Waals surface area contributed by atoms with Crippen molar-refractivity contribution < 1.29 is 33.3 Å². The van der Waals surface area contributed by atoms with E-state index in [4.69, 9.17) is 14.2 Å². The molecule has 0 bridgehead atoms. The van der Waals surface area contributed by atoms with Crippen LogP contribution in [0.3, 0.4) is 0 Å². The van der Waals surface area contributed by atoms with Gasteiger partial charge in [-0.1, -0.05) is 0 Å². The molecule has 1 N–H and O–H groups in total. The third-order valence-electron chi connectivity index (χ3n) is 8.11. The second kappa shape index (κ2) is 17.8. The van der Waals surface area contributed by atoms with Crippen LogP contribution in [0.1, 0.15) is 42.1 Å². The molecule has 0 unspecified atom stereocenters. The summed E-state index contributed by atoms with van der Waals surface area (Å²) in [5.41, 5.74) is 1.66. The first-order valence-corrected chi connectivity index (χ1v) is 15.5. The van der Waals surface area contributed by atoms with Crippen LogP contribution >= 0.6 is 0 Å². The van der Waals surface area contributed by atoms with E-state index in [0.29, 0.717) is 12.8 Å². The van der Waals surface area contributed by atoms with E-state index in [9.17, 15) is 14.4 Å². The Labute approximate surface area is 274 Å². The Morgan fingerprint density at radius 2 is 1.32 bits per heavy atom. The van der Waals surface area contributed by atoms with Crippen molar-refractivity contribution in [1.82, 2.24) is 30.2 Å². The van der Waals surface area contributed by atoms with E-state index in [-0.39, 0.29) is 29.6 Å². The van der Waals surface area contributed by atoms with Gasteiger partial charge in [-0.15, -0.1) is 0 Å². The molecule has 0 spiro atoms. The predicted octanol–water partition coefficient (Wildman–Crippen LogP) is 3.63. The molecule has 4 aromatic rings. The van der Waals surface area contributed by atoms with Gasteiger partial charge in [0.15, 0.2) is 12.1 Å². The fourth-order valence-electron chi connectivity index (χ4n) is 5.38. The van der Waals surface area contributed by atoms with Gasteiger partial charge in [0.2, 0.25) is 0 Å². The first-order chi connectivity index (χ1) is 22.9. The minimum atomic E-state index is -0.0967. The number of hydrogen-bond donors (Lipinski definition) is 1. The Balaban J connectivity index is 0.000000177. The van der Waals surface area contributed by atoms with Crippen molar-refractivity contribution >= 4 is 40.0 Å². The van der Waals surface area contributed by atoms with E-state index in [1.165, 1.54) is 14.2 Å². The molecule has 0 aliphatic carbocycles. The zero-order valence-electron chi connectivity index (χ0n) is 27.3. The number of fused-ring (bicyclic) bond motifs is 2. The highest BCUT2D eigenvalue weighted by Crippen LogP contribution is 2.22. The maximum atomic E-state index is 11.6. The van der Waals surface area contributed by atoms with Gasteiger partial charge in [0.25, 0.3) is 0 Å². The van der Waals surface area contributed by atoms with Gasteiger partial charge in [-0.2, -0.15) is 0 Å². The van der Waals surface area contributed by atoms with Crippen molar-refractivity contribution in [2.45, 2.75) is 32.2 Å². The molecule has 0 saturated carbocycles. The average molecular weight is 647 g/mol. The summed E-state index contributed by atoms with van der Waals surface area (Å²) in [5, 5.41) is 5.01. The number of hydrogen-bond acceptors (Lipinski definition) is 13. The summed E-state index contributed by atoms with van der Waals surface area (Å²) in [6.45, 7) is 4.32. The van der Waals surface area contributed by atoms with E-state index < -0.39 is 0 Å². The van der Waals surface area contributed by atoms with Crippen LogP contribution < -0.4 is 14.8 Å². The van der Waals surface area contributed by atoms with Crippen LogP contribution in [0.5, 0.6) is 11.5 Å². The quantitative estimate of drug-likeness (QED) is 0.230. The Morgan fingerprint density at radius 3 is 1.85 bits per heavy atom. The van der Waals surface area contributed by atoms with Crippen LogP contribution in [-0.4, -0.2) is 97.7 Å². The number of aromatic nitrogens is 4. The van der Waals surface area contributed by atoms with E-state index in [1.54, 1.807) is 32.5 Å². The Kier molecular flexibility index (Phi) is 13.3. The molecule has 4 heterocycles. The monoisotopic (exact) mass is 646 g/mol. The van der Waals surface area contributed by atoms with Crippen LogP contribution in [0.15, 0.2) is 48.8 Å². The molecule has 0 amide bonds. The van der Waals surface area contributed by atoms with Gasteiger partial charge in [-0.3, -0.25) is 19.3 Å². The van der Waals surface area contributed by atoms with Crippen molar-refractivity contribution in [3.05, 3.63) is 60.4 Å². The van der Waals surface area contributed by atoms with Gasteiger partial charge in [0.1, 0.15) is 17.3 Å². The number of carbonyl (C=O) groups is 3. The average Bonchev–Trinajstić information content (AvgIpc) is 3.14. The molecular weight excluding hydrogens is 604 g/mol. The molecule has 13 heteroatoms. The highest BCUT2D eigenvalue weighted by Gasteiger charge is 2.26. The third-order valence-corrected chi connectivity index (χ3v) is 8.11. The van der Waals surface area contributed by atoms with E-state index in [1.807, 2.05) is 30.5 Å². The molecule has 250 valence electrons. The predicted molar refractivity (Wildman–Crippen MR) is 175 cm³/mol. The summed E-state index contributed by atoms with van der Waals surface area (Å²) in [4.78, 5) is 52.1. The second-order valence-electron chi connectivity index (χ2n) is 11.1. The molecular formula is C34H42N6O7. The Hall–Kier alpha value is -4.75. The van der Waals surface area contributed by atoms with Gasteiger partial charge in [-0.25, -0.2) is 19.9 Å². The number of ether oxygens (including phenoxy) is 4. The van der Waals surface area contributed by atoms with Crippen LogP contribution in [-0.2, 0) is 25.6 Å². The lowest BCUT2D eigenvalue weighted by Crippen LogP contribution is -2.36. The lowest BCUT2D eigenvalue weighted by Gasteiger charge is -2.29. The fourth-order valence-corrected chi connectivity index (χ4v) is 5.38. The zero-order valence-corrected chi connectivity index (χ0v) is 27.3. The van der Waals surface area contributed by atoms with Crippen molar-refractivity contribution in [3.8, 4) is 11.5 Å². The summed E-state index contributed by atoms with van der Waals surface area (Å²) < 4.78 is 19.7. The Bertz CT molecular complexity index is 1640. The number of piperidine rings is 2. The number of likely N-dealkylation sites (tertiary alicyclic amines) is 1. The maximum Gasteiger partial charge on any atom is 0.308 e. The van der Waals surface area contributed by atoms with Gasteiger partial charge in [0.05, 0.1) is 57.9 Å². The second-order valence-corrected chi connectivity index (χ2v) is 11.1. The molecule has 2 aliphatic heterocycles. The first kappa shape index (κ1) is 35.1. The minimum Gasteiger partial charge on any atom is -0.497 e. The standard InChI is InChI=1S/C17H21N3O3.C10H8N2O2.C7H13NO2/c1-22-14-3-4-15-13(9-14)10-18-16(19-15)11-20-7-5-12(6-8-20)17(21)23-2;1-14-8-2-3-9-7(4-8)5-11-10(6-13)12-9;1-10-7(9)6-2-4-8-5-3-6/h3-4,9-10,12H,5-8,11H2,1-2H3;2-6H,1H3;6,8H,2-5H2,1H3. The molecule has 0 atom stereocenters. The highest BCUT2D eigenvalue weighted by molar-refractivity contribution is 5.82. The molecule has 47 heavy (non-hydrogen) atoms. The van der Waals surface area contributed by atoms with Gasteiger partial charge >= 0.3 is 11.9 Å². The lowest BCUT2D eigenvalue weighted by atomic mass is 9.97. The minimum absolute atomic E-state index is 0.0289. The van der Waals surface area contributed by atoms with Crippen molar-refractivity contribution in [2.24, 2.45) is 11.8 Å². The van der Waals surface area contributed by atoms with Crippen molar-refractivity contribution in [2.75, 3.05) is 54.6 Å². The lowest BCUT2D eigenvalue weighted by molar-refractivity contribution is -0.147. The van der Waals surface area contributed by atoms with E-state index in [2.05, 4.69) is 34.9 Å². The molecule has 2 saturated heterocycles. The van der Waals surface area contributed by atoms with Crippen LogP contribution in [0.4, 0.5) is 0 Å². The fraction of sp³-hybridized carbons (Fsp3) is 0.441. The summed E-state index contributed by atoms with van der Waals surface area (Å²) in [6, 6.07) is 11.2. The van der Waals surface area contributed by atoms with E-state index in [0.717, 1.165) is 91.0 Å². The SMILES string of the molecule is COC(=O)C1CCN(Cc2ncc3cc(OC)ccc3n2)CC1.COC(=O)C1CCNCC1.COc1ccc2nc(C=O)ncc2c1. The molecule has 2 fully saturated rings. The van der Waals surface area contributed by atoms with Gasteiger partial charge in [-0.05, 0) is 88.3 Å². The largest absolute Gasteiger partial charge is 0.497 e. The normalized spacial score (nSPS) is 15.4. The summed E-state index contributed by atoms with van der Waals surface area (Å²) >= 11 is 0. The van der Waals surface area contributed by atoms with E-state index >= 15 is 0 Å².